The second-order valence-electron chi connectivity index (χ2n) is 5.14. The van der Waals surface area contributed by atoms with E-state index in [1.54, 1.807) is 11.8 Å². The molecule has 2 N–H and O–H groups in total. The summed E-state index contributed by atoms with van der Waals surface area (Å²) in [6.07, 6.45) is 1.07. The summed E-state index contributed by atoms with van der Waals surface area (Å²) in [5.74, 6) is 0.560. The van der Waals surface area contributed by atoms with Crippen LogP contribution in [-0.4, -0.2) is 47.6 Å². The molecular formula is C16H24ClN5O2. The maximum atomic E-state index is 12.2. The highest BCUT2D eigenvalue weighted by Crippen LogP contribution is 2.16. The van der Waals surface area contributed by atoms with E-state index in [1.165, 1.54) is 0 Å². The molecule has 0 saturated heterocycles. The molecule has 1 aromatic carbocycles. The van der Waals surface area contributed by atoms with Crippen LogP contribution in [0, 0.1) is 6.92 Å². The van der Waals surface area contributed by atoms with Crippen molar-refractivity contribution in [3.8, 4) is 11.4 Å². The zero-order valence-electron chi connectivity index (χ0n) is 14.2. The molecule has 0 unspecified atom stereocenters. The number of amides is 1. The van der Waals surface area contributed by atoms with Crippen molar-refractivity contribution in [2.45, 2.75) is 20.3 Å². The third-order valence-electron chi connectivity index (χ3n) is 3.44. The quantitative estimate of drug-likeness (QED) is 0.706. The summed E-state index contributed by atoms with van der Waals surface area (Å²) in [5, 5.41) is 14.1. The van der Waals surface area contributed by atoms with Gasteiger partial charge in [-0.25, -0.2) is 4.68 Å². The van der Waals surface area contributed by atoms with Gasteiger partial charge in [-0.2, -0.15) is 0 Å². The van der Waals surface area contributed by atoms with Crippen LogP contribution >= 0.6 is 12.4 Å². The summed E-state index contributed by atoms with van der Waals surface area (Å²) in [4.78, 5) is 12.2. The molecule has 0 bridgehead atoms. The molecule has 0 saturated carbocycles. The first-order valence-corrected chi connectivity index (χ1v) is 7.73. The summed E-state index contributed by atoms with van der Waals surface area (Å²) in [7, 11) is 1.62. The predicted molar refractivity (Wildman–Crippen MR) is 95.4 cm³/mol. The van der Waals surface area contributed by atoms with Crippen molar-refractivity contribution in [3.05, 3.63) is 35.7 Å². The van der Waals surface area contributed by atoms with Gasteiger partial charge in [-0.15, -0.1) is 17.5 Å². The van der Waals surface area contributed by atoms with E-state index in [2.05, 4.69) is 27.9 Å². The number of nitrogens with one attached hydrogen (secondary N) is 2. The Kier molecular flexibility index (Phi) is 8.21. The lowest BCUT2D eigenvalue weighted by Gasteiger charge is -2.06. The van der Waals surface area contributed by atoms with Crippen LogP contribution in [0.25, 0.3) is 5.69 Å². The highest BCUT2D eigenvalue weighted by molar-refractivity contribution is 5.93. The van der Waals surface area contributed by atoms with Crippen molar-refractivity contribution in [1.29, 1.82) is 0 Å². The fourth-order valence-corrected chi connectivity index (χ4v) is 2.16. The van der Waals surface area contributed by atoms with Gasteiger partial charge in [0.1, 0.15) is 5.75 Å². The minimum absolute atomic E-state index is 0. The maximum absolute atomic E-state index is 12.2. The van der Waals surface area contributed by atoms with Gasteiger partial charge in [0.25, 0.3) is 5.91 Å². The van der Waals surface area contributed by atoms with E-state index in [-0.39, 0.29) is 18.3 Å². The number of carbonyl (C=O) groups excluding carboxylic acids is 1. The molecule has 1 heterocycles. The Morgan fingerprint density at radius 3 is 2.54 bits per heavy atom. The van der Waals surface area contributed by atoms with E-state index < -0.39 is 0 Å². The van der Waals surface area contributed by atoms with Gasteiger partial charge in [-0.3, -0.25) is 4.79 Å². The first-order chi connectivity index (χ1) is 11.2. The summed E-state index contributed by atoms with van der Waals surface area (Å²) in [5.41, 5.74) is 1.88. The number of methoxy groups -OCH3 is 1. The normalized spacial score (nSPS) is 10.1. The van der Waals surface area contributed by atoms with Crippen LogP contribution in [0.15, 0.2) is 24.3 Å². The van der Waals surface area contributed by atoms with Crippen LogP contribution in [0.4, 0.5) is 0 Å². The molecule has 0 aliphatic rings. The molecule has 2 aromatic rings. The fourth-order valence-electron chi connectivity index (χ4n) is 2.16. The van der Waals surface area contributed by atoms with Crippen molar-refractivity contribution in [2.75, 3.05) is 26.7 Å². The monoisotopic (exact) mass is 353 g/mol. The molecule has 2 rings (SSSR count). The zero-order chi connectivity index (χ0) is 16.7. The van der Waals surface area contributed by atoms with Gasteiger partial charge < -0.3 is 15.4 Å². The zero-order valence-corrected chi connectivity index (χ0v) is 15.0. The van der Waals surface area contributed by atoms with Gasteiger partial charge >= 0.3 is 0 Å². The van der Waals surface area contributed by atoms with Gasteiger partial charge in [-0.1, -0.05) is 12.1 Å². The molecule has 8 heteroatoms. The Morgan fingerprint density at radius 1 is 1.21 bits per heavy atom. The van der Waals surface area contributed by atoms with Crippen molar-refractivity contribution >= 4 is 18.3 Å². The van der Waals surface area contributed by atoms with E-state index >= 15 is 0 Å². The summed E-state index contributed by atoms with van der Waals surface area (Å²) in [6, 6.07) is 7.43. The van der Waals surface area contributed by atoms with Crippen LogP contribution in [0.2, 0.25) is 0 Å². The van der Waals surface area contributed by atoms with Crippen molar-refractivity contribution < 1.29 is 9.53 Å². The minimum atomic E-state index is -0.208. The lowest BCUT2D eigenvalue weighted by molar-refractivity contribution is 0.0948. The third kappa shape index (κ3) is 4.94. The highest BCUT2D eigenvalue weighted by Gasteiger charge is 2.16. The molecule has 1 amide bonds. The van der Waals surface area contributed by atoms with Crippen molar-refractivity contribution in [3.63, 3.8) is 0 Å². The van der Waals surface area contributed by atoms with Crippen LogP contribution in [0.3, 0.4) is 0 Å². The van der Waals surface area contributed by atoms with Crippen molar-refractivity contribution in [2.24, 2.45) is 0 Å². The molecule has 0 atom stereocenters. The standard InChI is InChI=1S/C16H23N5O2.ClH/c1-4-9-17-10-11-18-16(22)15-12(2)21(20-19-15)13-5-7-14(23-3)8-6-13;/h5-8,17H,4,9-11H2,1-3H3,(H,18,22);1H. The van der Waals surface area contributed by atoms with Gasteiger partial charge in [0.2, 0.25) is 0 Å². The number of nitrogens with zero attached hydrogens (tertiary/aromatic N) is 3. The SMILES string of the molecule is CCCNCCNC(=O)c1nnn(-c2ccc(OC)cc2)c1C.Cl. The van der Waals surface area contributed by atoms with E-state index in [0.717, 1.165) is 30.9 Å². The van der Waals surface area contributed by atoms with Crippen LogP contribution in [0.5, 0.6) is 5.75 Å². The minimum Gasteiger partial charge on any atom is -0.497 e. The predicted octanol–water partition coefficient (Wildman–Crippen LogP) is 1.74. The molecule has 1 aromatic heterocycles. The molecule has 0 aliphatic carbocycles. The smallest absolute Gasteiger partial charge is 0.273 e. The number of hydrogen-bond donors (Lipinski definition) is 2. The van der Waals surface area contributed by atoms with E-state index in [0.29, 0.717) is 17.9 Å². The Morgan fingerprint density at radius 2 is 1.92 bits per heavy atom. The highest BCUT2D eigenvalue weighted by atomic mass is 35.5. The largest absolute Gasteiger partial charge is 0.497 e. The van der Waals surface area contributed by atoms with Crippen LogP contribution < -0.4 is 15.4 Å². The Balaban J connectivity index is 0.00000288. The van der Waals surface area contributed by atoms with Crippen LogP contribution in [0.1, 0.15) is 29.5 Å². The molecule has 7 nitrogen and oxygen atoms in total. The second-order valence-corrected chi connectivity index (χ2v) is 5.14. The molecule has 132 valence electrons. The molecular weight excluding hydrogens is 330 g/mol. The lowest BCUT2D eigenvalue weighted by Crippen LogP contribution is -2.32. The average Bonchev–Trinajstić information content (AvgIpc) is 2.96. The number of halogens is 1. The van der Waals surface area contributed by atoms with Gasteiger partial charge in [0.15, 0.2) is 5.69 Å². The average molecular weight is 354 g/mol. The summed E-state index contributed by atoms with van der Waals surface area (Å²) < 4.78 is 6.78. The second kappa shape index (κ2) is 9.89. The Labute approximate surface area is 148 Å². The molecule has 0 aliphatic heterocycles. The molecule has 0 radical (unpaired) electrons. The lowest BCUT2D eigenvalue weighted by atomic mass is 10.2. The number of carbonyl (C=O) groups is 1. The number of hydrogen-bond acceptors (Lipinski definition) is 5. The van der Waals surface area contributed by atoms with Crippen molar-refractivity contribution in [1.82, 2.24) is 25.6 Å². The molecule has 0 fully saturated rings. The molecule has 24 heavy (non-hydrogen) atoms. The van der Waals surface area contributed by atoms with E-state index in [9.17, 15) is 4.79 Å². The van der Waals surface area contributed by atoms with Gasteiger partial charge in [-0.05, 0) is 44.2 Å². The summed E-state index contributed by atoms with van der Waals surface area (Å²) >= 11 is 0. The van der Waals surface area contributed by atoms with Crippen LogP contribution in [-0.2, 0) is 0 Å². The fraction of sp³-hybridized carbons (Fsp3) is 0.438. The third-order valence-corrected chi connectivity index (χ3v) is 3.44. The van der Waals surface area contributed by atoms with Gasteiger partial charge in [0.05, 0.1) is 18.5 Å². The first kappa shape index (κ1) is 19.9. The molecule has 0 spiro atoms. The topological polar surface area (TPSA) is 81.1 Å². The number of aromatic nitrogens is 3. The first-order valence-electron chi connectivity index (χ1n) is 7.73. The van der Waals surface area contributed by atoms with E-state index in [1.807, 2.05) is 31.2 Å². The number of ether oxygens (including phenoxy) is 1. The maximum Gasteiger partial charge on any atom is 0.273 e. The number of benzene rings is 1. The number of rotatable bonds is 8. The Hall–Kier alpha value is -2.12. The summed E-state index contributed by atoms with van der Waals surface area (Å²) in [6.45, 7) is 6.18. The Bertz CT molecular complexity index is 642. The van der Waals surface area contributed by atoms with Gasteiger partial charge in [0, 0.05) is 13.1 Å². The van der Waals surface area contributed by atoms with E-state index in [4.69, 9.17) is 4.74 Å².